The maximum absolute atomic E-state index is 3.45. The van der Waals surface area contributed by atoms with E-state index in [2.05, 4.69) is 50.0 Å². The molecule has 0 bridgehead atoms. The van der Waals surface area contributed by atoms with Gasteiger partial charge in [0.05, 0.1) is 0 Å². The fraction of sp³-hybridized carbons (Fsp3) is 1.00. The molecule has 0 spiro atoms. The third-order valence-electron chi connectivity index (χ3n) is 3.27. The van der Waals surface area contributed by atoms with Crippen molar-refractivity contribution in [3.05, 3.63) is 0 Å². The summed E-state index contributed by atoms with van der Waals surface area (Å²) >= 11 is 0. The minimum Gasteiger partial charge on any atom is -0.314 e. The Morgan fingerprint density at radius 2 is 2.07 bits per heavy atom. The number of hydrogen-bond donors (Lipinski definition) is 1. The minimum atomic E-state index is 0.276. The molecular weight excluding hydrogens is 174 g/mol. The molecule has 0 aromatic rings. The molecule has 1 rings (SSSR count). The predicted octanol–water partition coefficient (Wildman–Crippen LogP) is 0.620. The molecule has 0 aliphatic carbocycles. The Morgan fingerprint density at radius 3 is 2.57 bits per heavy atom. The second-order valence-corrected chi connectivity index (χ2v) is 5.39. The largest absolute Gasteiger partial charge is 0.314 e. The molecule has 0 radical (unpaired) electrons. The number of nitrogens with zero attached hydrogens (tertiary/aromatic N) is 2. The average Bonchev–Trinajstić information content (AvgIpc) is 2.07. The summed E-state index contributed by atoms with van der Waals surface area (Å²) < 4.78 is 0. The first-order chi connectivity index (χ1) is 6.41. The summed E-state index contributed by atoms with van der Waals surface area (Å²) in [6, 6.07) is 0.660. The number of likely N-dealkylation sites (N-methyl/N-ethyl adjacent to an activating group) is 2. The van der Waals surface area contributed by atoms with E-state index in [4.69, 9.17) is 0 Å². The van der Waals surface area contributed by atoms with Crippen LogP contribution in [0.15, 0.2) is 0 Å². The van der Waals surface area contributed by atoms with E-state index in [1.54, 1.807) is 0 Å². The van der Waals surface area contributed by atoms with Crippen LogP contribution in [-0.2, 0) is 0 Å². The maximum atomic E-state index is 3.45. The molecule has 1 unspecified atom stereocenters. The normalized spacial score (nSPS) is 25.7. The highest BCUT2D eigenvalue weighted by Gasteiger charge is 2.24. The van der Waals surface area contributed by atoms with Gasteiger partial charge in [-0.1, -0.05) is 0 Å². The van der Waals surface area contributed by atoms with Gasteiger partial charge in [-0.25, -0.2) is 0 Å². The summed E-state index contributed by atoms with van der Waals surface area (Å²) in [6.07, 6.45) is 0. The van der Waals surface area contributed by atoms with E-state index in [1.807, 2.05) is 0 Å². The van der Waals surface area contributed by atoms with Gasteiger partial charge in [0.15, 0.2) is 0 Å². The molecule has 1 saturated heterocycles. The van der Waals surface area contributed by atoms with Crippen LogP contribution in [0.3, 0.4) is 0 Å². The lowest BCUT2D eigenvalue weighted by Gasteiger charge is -2.40. The summed E-state index contributed by atoms with van der Waals surface area (Å²) in [5, 5.41) is 3.45. The zero-order chi connectivity index (χ0) is 10.8. The van der Waals surface area contributed by atoms with Crippen LogP contribution in [0.4, 0.5) is 0 Å². The number of piperazine rings is 1. The third kappa shape index (κ3) is 3.23. The molecule has 3 heteroatoms. The first kappa shape index (κ1) is 12.0. The molecule has 0 amide bonds. The molecule has 3 nitrogen and oxygen atoms in total. The van der Waals surface area contributed by atoms with Crippen LogP contribution >= 0.6 is 0 Å². The van der Waals surface area contributed by atoms with Crippen LogP contribution in [0.1, 0.15) is 20.8 Å². The van der Waals surface area contributed by atoms with Crippen molar-refractivity contribution in [1.82, 2.24) is 15.1 Å². The molecule has 1 aliphatic rings. The summed E-state index contributed by atoms with van der Waals surface area (Å²) in [6.45, 7) is 11.4. The summed E-state index contributed by atoms with van der Waals surface area (Å²) in [5.74, 6) is 0. The molecule has 0 aromatic carbocycles. The van der Waals surface area contributed by atoms with Gasteiger partial charge in [0.25, 0.3) is 0 Å². The Bertz CT molecular complexity index is 174. The van der Waals surface area contributed by atoms with Gasteiger partial charge >= 0.3 is 0 Å². The second kappa shape index (κ2) is 4.60. The zero-order valence-electron chi connectivity index (χ0n) is 10.3. The van der Waals surface area contributed by atoms with Crippen molar-refractivity contribution in [2.24, 2.45) is 0 Å². The molecule has 0 saturated carbocycles. The fourth-order valence-corrected chi connectivity index (χ4v) is 1.66. The Labute approximate surface area is 88.5 Å². The number of rotatable bonds is 2. The van der Waals surface area contributed by atoms with E-state index in [0.717, 1.165) is 19.6 Å². The number of hydrogen-bond acceptors (Lipinski definition) is 3. The van der Waals surface area contributed by atoms with E-state index in [9.17, 15) is 0 Å². The van der Waals surface area contributed by atoms with Crippen LogP contribution in [0.5, 0.6) is 0 Å². The predicted molar refractivity (Wildman–Crippen MR) is 61.7 cm³/mol. The highest BCUT2D eigenvalue weighted by molar-refractivity contribution is 4.83. The van der Waals surface area contributed by atoms with E-state index in [0.29, 0.717) is 6.04 Å². The Morgan fingerprint density at radius 1 is 1.43 bits per heavy atom. The summed E-state index contributed by atoms with van der Waals surface area (Å²) in [4.78, 5) is 4.89. The average molecular weight is 199 g/mol. The smallest absolute Gasteiger partial charge is 0.0345 e. The van der Waals surface area contributed by atoms with Gasteiger partial charge in [0.1, 0.15) is 0 Å². The highest BCUT2D eigenvalue weighted by Crippen LogP contribution is 2.12. The second-order valence-electron chi connectivity index (χ2n) is 5.39. The zero-order valence-corrected chi connectivity index (χ0v) is 10.3. The van der Waals surface area contributed by atoms with Crippen molar-refractivity contribution in [3.8, 4) is 0 Å². The molecule has 1 atom stereocenters. The first-order valence-corrected chi connectivity index (χ1v) is 5.53. The summed E-state index contributed by atoms with van der Waals surface area (Å²) in [5.41, 5.74) is 0.276. The topological polar surface area (TPSA) is 18.5 Å². The highest BCUT2D eigenvalue weighted by atomic mass is 15.3. The Hall–Kier alpha value is -0.120. The third-order valence-corrected chi connectivity index (χ3v) is 3.27. The minimum absolute atomic E-state index is 0.276. The lowest BCUT2D eigenvalue weighted by atomic mass is 10.1. The fourth-order valence-electron chi connectivity index (χ4n) is 1.66. The quantitative estimate of drug-likeness (QED) is 0.703. The van der Waals surface area contributed by atoms with Crippen LogP contribution < -0.4 is 5.32 Å². The van der Waals surface area contributed by atoms with Crippen molar-refractivity contribution < 1.29 is 0 Å². The van der Waals surface area contributed by atoms with Crippen LogP contribution in [0.2, 0.25) is 0 Å². The standard InChI is InChI=1S/C11H25N3/c1-11(2,3)14(5)9-10-8-12-6-7-13(10)4/h10,12H,6-9H2,1-5H3. The molecule has 1 heterocycles. The van der Waals surface area contributed by atoms with E-state index in [1.165, 1.54) is 6.54 Å². The molecule has 1 aliphatic heterocycles. The SMILES string of the molecule is CN1CCNCC1CN(C)C(C)(C)C. The lowest BCUT2D eigenvalue weighted by molar-refractivity contribution is 0.101. The van der Waals surface area contributed by atoms with Crippen molar-refractivity contribution in [2.75, 3.05) is 40.3 Å². The van der Waals surface area contributed by atoms with Gasteiger partial charge in [-0.15, -0.1) is 0 Å². The monoisotopic (exact) mass is 199 g/mol. The molecular formula is C11H25N3. The van der Waals surface area contributed by atoms with Crippen LogP contribution in [-0.4, -0.2) is 61.7 Å². The van der Waals surface area contributed by atoms with Crippen molar-refractivity contribution in [3.63, 3.8) is 0 Å². The van der Waals surface area contributed by atoms with Gasteiger partial charge in [0, 0.05) is 37.8 Å². The Balaban J connectivity index is 2.42. The van der Waals surface area contributed by atoms with Crippen molar-refractivity contribution in [1.29, 1.82) is 0 Å². The maximum Gasteiger partial charge on any atom is 0.0345 e. The summed E-state index contributed by atoms with van der Waals surface area (Å²) in [7, 11) is 4.43. The molecule has 84 valence electrons. The van der Waals surface area contributed by atoms with E-state index in [-0.39, 0.29) is 5.54 Å². The van der Waals surface area contributed by atoms with Gasteiger partial charge in [0.2, 0.25) is 0 Å². The van der Waals surface area contributed by atoms with Gasteiger partial charge in [-0.05, 0) is 34.9 Å². The van der Waals surface area contributed by atoms with Gasteiger partial charge in [-0.3, -0.25) is 9.80 Å². The van der Waals surface area contributed by atoms with Crippen molar-refractivity contribution in [2.45, 2.75) is 32.4 Å². The lowest BCUT2D eigenvalue weighted by Crippen LogP contribution is -2.55. The first-order valence-electron chi connectivity index (χ1n) is 5.53. The van der Waals surface area contributed by atoms with Crippen LogP contribution in [0.25, 0.3) is 0 Å². The molecule has 1 N–H and O–H groups in total. The number of nitrogens with one attached hydrogen (secondary N) is 1. The van der Waals surface area contributed by atoms with Crippen LogP contribution in [0, 0.1) is 0 Å². The van der Waals surface area contributed by atoms with E-state index < -0.39 is 0 Å². The molecule has 14 heavy (non-hydrogen) atoms. The van der Waals surface area contributed by atoms with E-state index >= 15 is 0 Å². The van der Waals surface area contributed by atoms with Crippen molar-refractivity contribution >= 4 is 0 Å². The molecule has 1 fully saturated rings. The molecule has 0 aromatic heterocycles. The van der Waals surface area contributed by atoms with Gasteiger partial charge in [-0.2, -0.15) is 0 Å². The van der Waals surface area contributed by atoms with Gasteiger partial charge < -0.3 is 5.32 Å². The Kier molecular flexibility index (Phi) is 3.93.